The van der Waals surface area contributed by atoms with E-state index in [2.05, 4.69) is 5.32 Å². The van der Waals surface area contributed by atoms with E-state index in [1.807, 2.05) is 30.5 Å². The summed E-state index contributed by atoms with van der Waals surface area (Å²) >= 11 is 1.65. The van der Waals surface area contributed by atoms with Crippen LogP contribution in [0.1, 0.15) is 23.2 Å². The fourth-order valence-electron chi connectivity index (χ4n) is 2.63. The highest BCUT2D eigenvalue weighted by atomic mass is 32.2. The van der Waals surface area contributed by atoms with E-state index in [1.165, 1.54) is 0 Å². The molecule has 0 radical (unpaired) electrons. The molecule has 0 aromatic heterocycles. The van der Waals surface area contributed by atoms with Gasteiger partial charge in [-0.15, -0.1) is 11.8 Å². The molecule has 1 heterocycles. The molecule has 1 aromatic rings. The second kappa shape index (κ2) is 8.19. The fraction of sp³-hybridized carbons (Fsp3) is 0.500. The molecule has 1 atom stereocenters. The number of piperidine rings is 1. The number of thioether (sulfide) groups is 1. The summed E-state index contributed by atoms with van der Waals surface area (Å²) in [4.78, 5) is 27.5. The molecule has 1 fully saturated rings. The predicted molar refractivity (Wildman–Crippen MR) is 88.9 cm³/mol. The minimum absolute atomic E-state index is 0.000630. The van der Waals surface area contributed by atoms with Crippen molar-refractivity contribution in [1.82, 2.24) is 10.2 Å². The quantitative estimate of drug-likeness (QED) is 0.803. The third-order valence-electron chi connectivity index (χ3n) is 3.86. The third kappa shape index (κ3) is 4.24. The zero-order valence-electron chi connectivity index (χ0n) is 12.9. The van der Waals surface area contributed by atoms with Crippen LogP contribution in [0.3, 0.4) is 0 Å². The lowest BCUT2D eigenvalue weighted by Crippen LogP contribution is -2.46. The minimum atomic E-state index is -0.130. The molecule has 0 saturated carbocycles. The van der Waals surface area contributed by atoms with E-state index >= 15 is 0 Å². The molecule has 0 bridgehead atoms. The van der Waals surface area contributed by atoms with Crippen LogP contribution in [0, 0.1) is 5.92 Å². The van der Waals surface area contributed by atoms with Gasteiger partial charge in [-0.3, -0.25) is 9.59 Å². The van der Waals surface area contributed by atoms with E-state index < -0.39 is 0 Å². The number of carbonyl (C=O) groups excluding carboxylic acids is 2. The highest BCUT2D eigenvalue weighted by molar-refractivity contribution is 7.98. The fourth-order valence-corrected chi connectivity index (χ4v) is 3.04. The Morgan fingerprint density at radius 3 is 2.73 bits per heavy atom. The maximum atomic E-state index is 12.5. The van der Waals surface area contributed by atoms with Crippen molar-refractivity contribution in [3.8, 4) is 0 Å². The number of carbonyl (C=O) groups is 2. The average molecular weight is 321 g/mol. The molecule has 1 aliphatic rings. The number of hydrogen-bond acceptors (Lipinski definition) is 4. The van der Waals surface area contributed by atoms with E-state index in [0.29, 0.717) is 31.7 Å². The summed E-state index contributed by atoms with van der Waals surface area (Å²) in [6, 6.07) is 7.61. The number of nitrogens with zero attached hydrogens (tertiary/aromatic N) is 1. The van der Waals surface area contributed by atoms with Gasteiger partial charge in [-0.25, -0.2) is 0 Å². The predicted octanol–water partition coefficient (Wildman–Crippen LogP) is 1.34. The molecular weight excluding hydrogens is 298 g/mol. The number of benzene rings is 1. The molecule has 5 nitrogen and oxygen atoms in total. The molecular formula is C16H23N3O2S. The number of rotatable bonds is 5. The molecule has 6 heteroatoms. The Kier molecular flexibility index (Phi) is 6.27. The minimum Gasteiger partial charge on any atom is -0.355 e. The first-order chi connectivity index (χ1) is 10.7. The highest BCUT2D eigenvalue weighted by Gasteiger charge is 2.28. The smallest absolute Gasteiger partial charge is 0.253 e. The van der Waals surface area contributed by atoms with Gasteiger partial charge in [0.2, 0.25) is 5.91 Å². The summed E-state index contributed by atoms with van der Waals surface area (Å²) in [7, 11) is 0. The first-order valence-electron chi connectivity index (χ1n) is 7.57. The topological polar surface area (TPSA) is 75.4 Å². The van der Waals surface area contributed by atoms with E-state index in [9.17, 15) is 9.59 Å². The van der Waals surface area contributed by atoms with Crippen LogP contribution in [0.25, 0.3) is 0 Å². The van der Waals surface area contributed by atoms with E-state index in [-0.39, 0.29) is 17.7 Å². The molecule has 0 spiro atoms. The molecule has 1 aliphatic heterocycles. The van der Waals surface area contributed by atoms with Gasteiger partial charge in [0, 0.05) is 36.6 Å². The number of hydrogen-bond donors (Lipinski definition) is 2. The Morgan fingerprint density at radius 1 is 1.36 bits per heavy atom. The van der Waals surface area contributed by atoms with Crippen molar-refractivity contribution < 1.29 is 9.59 Å². The van der Waals surface area contributed by atoms with Crippen molar-refractivity contribution in [3.63, 3.8) is 0 Å². The van der Waals surface area contributed by atoms with Crippen LogP contribution in [-0.4, -0.2) is 49.1 Å². The van der Waals surface area contributed by atoms with Crippen molar-refractivity contribution in [2.24, 2.45) is 11.7 Å². The SMILES string of the molecule is CSc1ccc(C(=O)N2CCCC(C(=O)NCCN)C2)cc1. The van der Waals surface area contributed by atoms with Gasteiger partial charge in [0.25, 0.3) is 5.91 Å². The zero-order valence-corrected chi connectivity index (χ0v) is 13.7. The highest BCUT2D eigenvalue weighted by Crippen LogP contribution is 2.20. The Bertz CT molecular complexity index is 519. The maximum Gasteiger partial charge on any atom is 0.253 e. The number of nitrogens with one attached hydrogen (secondary N) is 1. The van der Waals surface area contributed by atoms with Gasteiger partial charge in [-0.05, 0) is 43.4 Å². The van der Waals surface area contributed by atoms with Crippen LogP contribution < -0.4 is 11.1 Å². The normalized spacial score (nSPS) is 18.1. The molecule has 2 rings (SSSR count). The standard InChI is InChI=1S/C16H23N3O2S/c1-22-14-6-4-12(5-7-14)16(21)19-10-2-3-13(11-19)15(20)18-9-8-17/h4-7,13H,2-3,8-11,17H2,1H3,(H,18,20). The van der Waals surface area contributed by atoms with Crippen LogP contribution in [0.15, 0.2) is 29.2 Å². The van der Waals surface area contributed by atoms with Gasteiger partial charge >= 0.3 is 0 Å². The van der Waals surface area contributed by atoms with Crippen molar-refractivity contribution in [2.75, 3.05) is 32.4 Å². The van der Waals surface area contributed by atoms with Crippen LogP contribution in [0.4, 0.5) is 0 Å². The molecule has 3 N–H and O–H groups in total. The number of likely N-dealkylation sites (tertiary alicyclic amines) is 1. The summed E-state index contributed by atoms with van der Waals surface area (Å²) in [6.07, 6.45) is 3.69. The van der Waals surface area contributed by atoms with Gasteiger partial charge in [0.1, 0.15) is 0 Å². The maximum absolute atomic E-state index is 12.5. The molecule has 2 amide bonds. The lowest BCUT2D eigenvalue weighted by Gasteiger charge is -2.32. The largest absolute Gasteiger partial charge is 0.355 e. The van der Waals surface area contributed by atoms with Gasteiger partial charge < -0.3 is 16.0 Å². The zero-order chi connectivity index (χ0) is 15.9. The van der Waals surface area contributed by atoms with Gasteiger partial charge in [0.05, 0.1) is 5.92 Å². The van der Waals surface area contributed by atoms with Crippen LogP contribution in [0.5, 0.6) is 0 Å². The van der Waals surface area contributed by atoms with Crippen molar-refractivity contribution >= 4 is 23.6 Å². The van der Waals surface area contributed by atoms with Crippen molar-refractivity contribution in [3.05, 3.63) is 29.8 Å². The van der Waals surface area contributed by atoms with Crippen LogP contribution in [0.2, 0.25) is 0 Å². The third-order valence-corrected chi connectivity index (χ3v) is 4.60. The molecule has 22 heavy (non-hydrogen) atoms. The summed E-state index contributed by atoms with van der Waals surface area (Å²) in [6.45, 7) is 2.12. The first kappa shape index (κ1) is 16.8. The van der Waals surface area contributed by atoms with Crippen molar-refractivity contribution in [1.29, 1.82) is 0 Å². The lowest BCUT2D eigenvalue weighted by atomic mass is 9.96. The lowest BCUT2D eigenvalue weighted by molar-refractivity contribution is -0.126. The van der Waals surface area contributed by atoms with Crippen molar-refractivity contribution in [2.45, 2.75) is 17.7 Å². The van der Waals surface area contributed by atoms with Gasteiger partial charge in [-0.2, -0.15) is 0 Å². The Hall–Kier alpha value is -1.53. The van der Waals surface area contributed by atoms with E-state index in [0.717, 1.165) is 17.7 Å². The van der Waals surface area contributed by atoms with Crippen LogP contribution >= 0.6 is 11.8 Å². The average Bonchev–Trinajstić information content (AvgIpc) is 2.59. The molecule has 1 unspecified atom stereocenters. The van der Waals surface area contributed by atoms with Gasteiger partial charge in [-0.1, -0.05) is 0 Å². The number of nitrogens with two attached hydrogens (primary N) is 1. The Balaban J connectivity index is 1.98. The second-order valence-electron chi connectivity index (χ2n) is 5.40. The number of amides is 2. The molecule has 1 aromatic carbocycles. The van der Waals surface area contributed by atoms with Crippen LogP contribution in [-0.2, 0) is 4.79 Å². The van der Waals surface area contributed by atoms with Gasteiger partial charge in [0.15, 0.2) is 0 Å². The summed E-state index contributed by atoms with van der Waals surface area (Å²) in [5, 5.41) is 2.81. The Morgan fingerprint density at radius 2 is 2.09 bits per heavy atom. The first-order valence-corrected chi connectivity index (χ1v) is 8.79. The van der Waals surface area contributed by atoms with E-state index in [4.69, 9.17) is 5.73 Å². The second-order valence-corrected chi connectivity index (χ2v) is 6.28. The monoisotopic (exact) mass is 321 g/mol. The van der Waals surface area contributed by atoms with E-state index in [1.54, 1.807) is 16.7 Å². The molecule has 1 saturated heterocycles. The molecule has 120 valence electrons. The summed E-state index contributed by atoms with van der Waals surface area (Å²) in [5.74, 6) is -0.126. The Labute approximate surface area is 135 Å². The molecule has 0 aliphatic carbocycles. The summed E-state index contributed by atoms with van der Waals surface area (Å²) in [5.41, 5.74) is 6.08. The summed E-state index contributed by atoms with van der Waals surface area (Å²) < 4.78 is 0.